The molecule has 3 heteroatoms. The number of benzene rings is 2. The first-order valence-corrected chi connectivity index (χ1v) is 7.56. The van der Waals surface area contributed by atoms with Gasteiger partial charge in [0.2, 0.25) is 0 Å². The minimum atomic E-state index is 0.276. The fraction of sp³-hybridized carbons (Fsp3) is 0.333. The number of nitrogens with zero attached hydrogens (tertiary/aromatic N) is 1. The Labute approximate surface area is 124 Å². The van der Waals surface area contributed by atoms with Gasteiger partial charge in [0, 0.05) is 18.2 Å². The Morgan fingerprint density at radius 2 is 1.95 bits per heavy atom. The van der Waals surface area contributed by atoms with Crippen LogP contribution < -0.4 is 4.74 Å². The summed E-state index contributed by atoms with van der Waals surface area (Å²) < 4.78 is 5.74. The number of rotatable bonds is 2. The van der Waals surface area contributed by atoms with Crippen LogP contribution in [0.1, 0.15) is 29.5 Å². The molecule has 2 aliphatic rings. The van der Waals surface area contributed by atoms with E-state index in [1.807, 2.05) is 6.07 Å². The Balaban J connectivity index is 1.53. The molecule has 1 N–H and O–H groups in total. The summed E-state index contributed by atoms with van der Waals surface area (Å²) in [5, 5.41) is 9.55. The minimum absolute atomic E-state index is 0.276. The Kier molecular flexibility index (Phi) is 3.08. The van der Waals surface area contributed by atoms with Crippen LogP contribution in [0.3, 0.4) is 0 Å². The van der Waals surface area contributed by atoms with Gasteiger partial charge in [0.25, 0.3) is 0 Å². The third-order valence-electron chi connectivity index (χ3n) is 4.68. The molecule has 1 saturated heterocycles. The van der Waals surface area contributed by atoms with Gasteiger partial charge in [-0.2, -0.15) is 0 Å². The highest BCUT2D eigenvalue weighted by Crippen LogP contribution is 2.41. The van der Waals surface area contributed by atoms with Crippen molar-refractivity contribution in [3.05, 3.63) is 59.7 Å². The molecule has 4 rings (SSSR count). The van der Waals surface area contributed by atoms with Crippen molar-refractivity contribution in [1.82, 2.24) is 4.90 Å². The van der Waals surface area contributed by atoms with Crippen LogP contribution in [0.2, 0.25) is 0 Å². The molecule has 108 valence electrons. The lowest BCUT2D eigenvalue weighted by molar-refractivity contribution is 0.193. The zero-order chi connectivity index (χ0) is 14.2. The summed E-state index contributed by atoms with van der Waals surface area (Å²) in [6.45, 7) is 2.88. The molecule has 1 fully saturated rings. The first-order valence-electron chi connectivity index (χ1n) is 7.56. The maximum absolute atomic E-state index is 9.55. The molecule has 3 nitrogen and oxygen atoms in total. The first-order chi connectivity index (χ1) is 10.3. The molecule has 21 heavy (non-hydrogen) atoms. The number of fused-ring (bicyclic) bond motifs is 1. The van der Waals surface area contributed by atoms with Crippen molar-refractivity contribution >= 4 is 0 Å². The van der Waals surface area contributed by atoms with E-state index in [9.17, 15) is 5.11 Å². The average molecular weight is 281 g/mol. The van der Waals surface area contributed by atoms with E-state index in [4.69, 9.17) is 4.74 Å². The summed E-state index contributed by atoms with van der Waals surface area (Å²) in [6.07, 6.45) is 1.20. The number of likely N-dealkylation sites (tertiary alicyclic amines) is 1. The molecular formula is C18H19NO2. The molecule has 2 aromatic carbocycles. The predicted octanol–water partition coefficient (Wildman–Crippen LogP) is 3.32. The van der Waals surface area contributed by atoms with E-state index in [0.717, 1.165) is 18.8 Å². The highest BCUT2D eigenvalue weighted by Gasteiger charge is 2.34. The van der Waals surface area contributed by atoms with Crippen molar-refractivity contribution in [2.24, 2.45) is 0 Å². The van der Waals surface area contributed by atoms with E-state index in [1.165, 1.54) is 17.5 Å². The van der Waals surface area contributed by atoms with Gasteiger partial charge in [0.1, 0.15) is 18.1 Å². The summed E-state index contributed by atoms with van der Waals surface area (Å²) >= 11 is 0. The predicted molar refractivity (Wildman–Crippen MR) is 81.7 cm³/mol. The zero-order valence-corrected chi connectivity index (χ0v) is 11.9. The van der Waals surface area contributed by atoms with Gasteiger partial charge in [-0.3, -0.25) is 4.90 Å². The largest absolute Gasteiger partial charge is 0.508 e. The monoisotopic (exact) mass is 281 g/mol. The smallest absolute Gasteiger partial charge is 0.127 e. The summed E-state index contributed by atoms with van der Waals surface area (Å²) in [5.74, 6) is 1.73. The van der Waals surface area contributed by atoms with Crippen LogP contribution in [0.5, 0.6) is 11.5 Å². The fourth-order valence-corrected chi connectivity index (χ4v) is 3.55. The lowest BCUT2D eigenvalue weighted by atomic mass is 9.98. The average Bonchev–Trinajstić information content (AvgIpc) is 3.13. The Morgan fingerprint density at radius 3 is 2.81 bits per heavy atom. The van der Waals surface area contributed by atoms with Gasteiger partial charge < -0.3 is 9.84 Å². The second-order valence-electron chi connectivity index (χ2n) is 5.94. The molecule has 2 aliphatic heterocycles. The van der Waals surface area contributed by atoms with E-state index >= 15 is 0 Å². The lowest BCUT2D eigenvalue weighted by Gasteiger charge is -2.23. The van der Waals surface area contributed by atoms with Crippen LogP contribution in [0.4, 0.5) is 0 Å². The molecular weight excluding hydrogens is 262 g/mol. The van der Waals surface area contributed by atoms with E-state index in [2.05, 4.69) is 35.2 Å². The molecule has 0 bridgehead atoms. The van der Waals surface area contributed by atoms with Crippen molar-refractivity contribution in [3.63, 3.8) is 0 Å². The van der Waals surface area contributed by atoms with Gasteiger partial charge in [-0.05, 0) is 36.6 Å². The Morgan fingerprint density at radius 1 is 1.10 bits per heavy atom. The van der Waals surface area contributed by atoms with Crippen LogP contribution in [0.25, 0.3) is 0 Å². The van der Waals surface area contributed by atoms with Crippen LogP contribution in [0.15, 0.2) is 48.5 Å². The normalized spacial score (nSPS) is 24.8. The summed E-state index contributed by atoms with van der Waals surface area (Å²) in [5.41, 5.74) is 2.64. The Bertz CT molecular complexity index is 641. The molecule has 0 aromatic heterocycles. The molecule has 0 amide bonds. The maximum atomic E-state index is 9.55. The van der Waals surface area contributed by atoms with Gasteiger partial charge in [-0.1, -0.05) is 30.3 Å². The number of phenols is 1. The highest BCUT2D eigenvalue weighted by molar-refractivity contribution is 5.44. The number of aromatic hydroxyl groups is 1. The van der Waals surface area contributed by atoms with Crippen molar-refractivity contribution in [1.29, 1.82) is 0 Å². The maximum Gasteiger partial charge on any atom is 0.127 e. The molecule has 0 aliphatic carbocycles. The fourth-order valence-electron chi connectivity index (χ4n) is 3.55. The van der Waals surface area contributed by atoms with Crippen LogP contribution in [-0.4, -0.2) is 29.7 Å². The number of phenolic OH excluding ortho intramolecular Hbond substituents is 1. The second-order valence-corrected chi connectivity index (χ2v) is 5.94. The Hall–Kier alpha value is -2.00. The van der Waals surface area contributed by atoms with Crippen LogP contribution >= 0.6 is 0 Å². The van der Waals surface area contributed by atoms with E-state index in [1.54, 1.807) is 12.1 Å². The minimum Gasteiger partial charge on any atom is -0.508 e. The van der Waals surface area contributed by atoms with E-state index in [0.29, 0.717) is 18.6 Å². The summed E-state index contributed by atoms with van der Waals surface area (Å²) in [6, 6.07) is 16.6. The topological polar surface area (TPSA) is 32.7 Å². The SMILES string of the molecule is Oc1ccc2c(c1)OCC2N1CCC(c2ccccc2)C1. The summed E-state index contributed by atoms with van der Waals surface area (Å²) in [4.78, 5) is 2.51. The number of ether oxygens (including phenoxy) is 1. The lowest BCUT2D eigenvalue weighted by Crippen LogP contribution is -2.27. The highest BCUT2D eigenvalue weighted by atomic mass is 16.5. The van der Waals surface area contributed by atoms with Crippen molar-refractivity contribution < 1.29 is 9.84 Å². The standard InChI is InChI=1S/C18H19NO2/c20-15-6-7-16-17(12-21-18(16)10-15)19-9-8-14(11-19)13-4-2-1-3-5-13/h1-7,10,14,17,20H,8-9,11-12H2. The second kappa shape index (κ2) is 5.08. The van der Waals surface area contributed by atoms with Gasteiger partial charge in [-0.15, -0.1) is 0 Å². The number of hydrogen-bond acceptors (Lipinski definition) is 3. The molecule has 0 radical (unpaired) electrons. The van der Waals surface area contributed by atoms with Crippen molar-refractivity contribution in [2.45, 2.75) is 18.4 Å². The molecule has 0 saturated carbocycles. The molecule has 0 spiro atoms. The molecule has 2 atom stereocenters. The van der Waals surface area contributed by atoms with Gasteiger partial charge >= 0.3 is 0 Å². The van der Waals surface area contributed by atoms with Crippen LogP contribution in [0, 0.1) is 0 Å². The number of hydrogen-bond donors (Lipinski definition) is 1. The van der Waals surface area contributed by atoms with Gasteiger partial charge in [0.15, 0.2) is 0 Å². The third-order valence-corrected chi connectivity index (χ3v) is 4.68. The van der Waals surface area contributed by atoms with E-state index < -0.39 is 0 Å². The van der Waals surface area contributed by atoms with Crippen molar-refractivity contribution in [3.8, 4) is 11.5 Å². The zero-order valence-electron chi connectivity index (χ0n) is 11.9. The van der Waals surface area contributed by atoms with Gasteiger partial charge in [-0.25, -0.2) is 0 Å². The molecule has 2 unspecified atom stereocenters. The van der Waals surface area contributed by atoms with Crippen LogP contribution in [-0.2, 0) is 0 Å². The molecule has 2 aromatic rings. The van der Waals surface area contributed by atoms with Crippen molar-refractivity contribution in [2.75, 3.05) is 19.7 Å². The van der Waals surface area contributed by atoms with Gasteiger partial charge in [0.05, 0.1) is 6.04 Å². The molecule has 2 heterocycles. The van der Waals surface area contributed by atoms with E-state index in [-0.39, 0.29) is 5.75 Å². The quantitative estimate of drug-likeness (QED) is 0.916. The first kappa shape index (κ1) is 12.7. The third kappa shape index (κ3) is 2.28. The summed E-state index contributed by atoms with van der Waals surface area (Å²) in [7, 11) is 0.